The van der Waals surface area contributed by atoms with Gasteiger partial charge in [-0.2, -0.15) is 0 Å². The molecule has 0 spiro atoms. The Morgan fingerprint density at radius 3 is 2.54 bits per heavy atom. The quantitative estimate of drug-likeness (QED) is 0.784. The lowest BCUT2D eigenvalue weighted by Crippen LogP contribution is -2.86. The first-order valence-corrected chi connectivity index (χ1v) is 8.12. The third kappa shape index (κ3) is 4.52. The molecule has 0 bridgehead atoms. The van der Waals surface area contributed by atoms with Gasteiger partial charge in [-0.05, 0) is 53.2 Å². The Morgan fingerprint density at radius 1 is 1.29 bits per heavy atom. The van der Waals surface area contributed by atoms with Crippen molar-refractivity contribution in [2.75, 3.05) is 19.0 Å². The van der Waals surface area contributed by atoms with E-state index in [0.29, 0.717) is 0 Å². The lowest BCUT2D eigenvalue weighted by Gasteiger charge is -2.13. The fourth-order valence-corrected chi connectivity index (χ4v) is 2.75. The van der Waals surface area contributed by atoms with Crippen LogP contribution in [0.4, 0.5) is 14.5 Å². The van der Waals surface area contributed by atoms with Crippen molar-refractivity contribution in [1.82, 2.24) is 0 Å². The number of quaternary nitrogens is 1. The van der Waals surface area contributed by atoms with Gasteiger partial charge in [0.15, 0.2) is 6.54 Å². The molecule has 1 atom stereocenters. The molecule has 2 rings (SSSR count). The number of amides is 1. The molecule has 0 saturated heterocycles. The van der Waals surface area contributed by atoms with Crippen molar-refractivity contribution in [1.29, 1.82) is 0 Å². The van der Waals surface area contributed by atoms with Crippen LogP contribution in [0.5, 0.6) is 5.75 Å². The zero-order chi connectivity index (χ0) is 17.7. The molecule has 0 fully saturated rings. The van der Waals surface area contributed by atoms with Crippen LogP contribution in [0.3, 0.4) is 0 Å². The number of carbonyl (C=O) groups is 1. The molecule has 4 nitrogen and oxygen atoms in total. The Hall–Kier alpha value is -1.99. The van der Waals surface area contributed by atoms with Gasteiger partial charge in [-0.3, -0.25) is 4.79 Å². The summed E-state index contributed by atoms with van der Waals surface area (Å²) in [6, 6.07) is 9.07. The fourth-order valence-electron chi connectivity index (χ4n) is 2.19. The average Bonchev–Trinajstić information content (AvgIpc) is 2.56. The molecule has 0 aliphatic rings. The Kier molecular flexibility index (Phi) is 6.28. The third-order valence-corrected chi connectivity index (χ3v) is 4.21. The van der Waals surface area contributed by atoms with Crippen LogP contribution in [0, 0.1) is 11.6 Å². The van der Waals surface area contributed by atoms with Gasteiger partial charge in [0.2, 0.25) is 0 Å². The first-order chi connectivity index (χ1) is 11.4. The number of methoxy groups -OCH3 is 1. The number of nitrogens with one attached hydrogen (secondary N) is 1. The molecule has 0 heterocycles. The number of hydrogen-bond donors (Lipinski definition) is 2. The van der Waals surface area contributed by atoms with E-state index in [4.69, 9.17) is 4.74 Å². The highest BCUT2D eigenvalue weighted by Crippen LogP contribution is 2.27. The SMILES string of the molecule is COc1ccc([C@H](C)[NH2+]CC(=O)Nc2c(F)cccc2F)cc1Br. The number of benzene rings is 2. The van der Waals surface area contributed by atoms with E-state index in [9.17, 15) is 13.6 Å². The van der Waals surface area contributed by atoms with Gasteiger partial charge < -0.3 is 15.4 Å². The number of anilines is 1. The van der Waals surface area contributed by atoms with Crippen LogP contribution in [0.2, 0.25) is 0 Å². The van der Waals surface area contributed by atoms with Crippen LogP contribution < -0.4 is 15.4 Å². The van der Waals surface area contributed by atoms with Gasteiger partial charge in [0.1, 0.15) is 29.1 Å². The topological polar surface area (TPSA) is 54.9 Å². The highest BCUT2D eigenvalue weighted by atomic mass is 79.9. The molecule has 0 unspecified atom stereocenters. The lowest BCUT2D eigenvalue weighted by molar-refractivity contribution is -0.682. The second-order valence-electron chi connectivity index (χ2n) is 5.27. The largest absolute Gasteiger partial charge is 0.496 e. The second kappa shape index (κ2) is 8.21. The van der Waals surface area contributed by atoms with E-state index < -0.39 is 23.2 Å². The summed E-state index contributed by atoms with van der Waals surface area (Å²) in [5, 5.41) is 4.05. The number of carbonyl (C=O) groups excluding carboxylic acids is 1. The van der Waals surface area contributed by atoms with E-state index in [-0.39, 0.29) is 12.6 Å². The van der Waals surface area contributed by atoms with Crippen molar-refractivity contribution < 1.29 is 23.6 Å². The zero-order valence-electron chi connectivity index (χ0n) is 13.3. The van der Waals surface area contributed by atoms with E-state index in [1.165, 1.54) is 6.07 Å². The van der Waals surface area contributed by atoms with Crippen LogP contribution in [-0.4, -0.2) is 19.6 Å². The van der Waals surface area contributed by atoms with E-state index in [2.05, 4.69) is 21.2 Å². The van der Waals surface area contributed by atoms with Gasteiger partial charge in [0, 0.05) is 5.56 Å². The molecule has 7 heteroatoms. The summed E-state index contributed by atoms with van der Waals surface area (Å²) in [5.41, 5.74) is 0.572. The maximum atomic E-state index is 13.5. The number of halogens is 3. The summed E-state index contributed by atoms with van der Waals surface area (Å²) in [4.78, 5) is 11.9. The van der Waals surface area contributed by atoms with Crippen LogP contribution in [0.15, 0.2) is 40.9 Å². The molecule has 3 N–H and O–H groups in total. The smallest absolute Gasteiger partial charge is 0.279 e. The Bertz CT molecular complexity index is 720. The van der Waals surface area contributed by atoms with E-state index >= 15 is 0 Å². The summed E-state index contributed by atoms with van der Waals surface area (Å²) in [5.74, 6) is -1.34. The lowest BCUT2D eigenvalue weighted by atomic mass is 10.1. The van der Waals surface area contributed by atoms with Crippen molar-refractivity contribution in [3.8, 4) is 5.75 Å². The Balaban J connectivity index is 1.95. The van der Waals surface area contributed by atoms with E-state index in [1.54, 1.807) is 12.4 Å². The molecule has 0 aromatic heterocycles. The first kappa shape index (κ1) is 18.4. The van der Waals surface area contributed by atoms with Crippen LogP contribution in [0.1, 0.15) is 18.5 Å². The number of ether oxygens (including phenoxy) is 1. The Morgan fingerprint density at radius 2 is 1.96 bits per heavy atom. The number of rotatable bonds is 6. The highest BCUT2D eigenvalue weighted by Gasteiger charge is 2.16. The fraction of sp³-hybridized carbons (Fsp3) is 0.235. The molecule has 0 aliphatic heterocycles. The summed E-state index contributed by atoms with van der Waals surface area (Å²) in [6.45, 7) is 1.98. The average molecular weight is 400 g/mol. The minimum absolute atomic E-state index is 0.0107. The number of nitrogens with two attached hydrogens (primary N) is 1. The molecule has 2 aromatic carbocycles. The predicted molar refractivity (Wildman–Crippen MR) is 90.9 cm³/mol. The normalized spacial score (nSPS) is 11.9. The van der Waals surface area contributed by atoms with Gasteiger partial charge in [0.05, 0.1) is 11.6 Å². The second-order valence-corrected chi connectivity index (χ2v) is 6.12. The molecule has 128 valence electrons. The predicted octanol–water partition coefficient (Wildman–Crippen LogP) is 3.00. The third-order valence-electron chi connectivity index (χ3n) is 3.59. The molecule has 1 amide bonds. The first-order valence-electron chi connectivity index (χ1n) is 7.33. The van der Waals surface area contributed by atoms with Crippen LogP contribution >= 0.6 is 15.9 Å². The van der Waals surface area contributed by atoms with Gasteiger partial charge in [-0.15, -0.1) is 0 Å². The molecule has 2 aromatic rings. The molecule has 0 saturated carbocycles. The van der Waals surface area contributed by atoms with Crippen LogP contribution in [-0.2, 0) is 4.79 Å². The van der Waals surface area contributed by atoms with E-state index in [0.717, 1.165) is 27.9 Å². The number of para-hydroxylation sites is 1. The van der Waals surface area contributed by atoms with Gasteiger partial charge in [0.25, 0.3) is 5.91 Å². The highest BCUT2D eigenvalue weighted by molar-refractivity contribution is 9.10. The van der Waals surface area contributed by atoms with Gasteiger partial charge in [-0.1, -0.05) is 6.07 Å². The maximum absolute atomic E-state index is 13.5. The van der Waals surface area contributed by atoms with Gasteiger partial charge in [-0.25, -0.2) is 8.78 Å². The monoisotopic (exact) mass is 399 g/mol. The Labute approximate surface area is 147 Å². The summed E-state index contributed by atoms with van der Waals surface area (Å²) >= 11 is 3.41. The standard InChI is InChI=1S/C17H17BrF2N2O2/c1-10(11-6-7-15(24-2)12(18)8-11)21-9-16(23)22-17-13(19)4-3-5-14(17)20/h3-8,10,21H,9H2,1-2H3,(H,22,23)/p+1/t10-/m0/s1. The molecule has 24 heavy (non-hydrogen) atoms. The summed E-state index contributed by atoms with van der Waals surface area (Å²) in [7, 11) is 1.58. The van der Waals surface area contributed by atoms with Crippen molar-refractivity contribution in [3.05, 3.63) is 58.1 Å². The van der Waals surface area contributed by atoms with Gasteiger partial charge >= 0.3 is 0 Å². The zero-order valence-corrected chi connectivity index (χ0v) is 14.9. The summed E-state index contributed by atoms with van der Waals surface area (Å²) < 4.78 is 33.0. The van der Waals surface area contributed by atoms with E-state index in [1.807, 2.05) is 25.1 Å². The van der Waals surface area contributed by atoms with Crippen molar-refractivity contribution in [2.24, 2.45) is 0 Å². The van der Waals surface area contributed by atoms with Crippen molar-refractivity contribution >= 4 is 27.5 Å². The number of hydrogen-bond acceptors (Lipinski definition) is 2. The van der Waals surface area contributed by atoms with Crippen molar-refractivity contribution in [2.45, 2.75) is 13.0 Å². The maximum Gasteiger partial charge on any atom is 0.279 e. The minimum Gasteiger partial charge on any atom is -0.496 e. The molecular formula is C17H18BrF2N2O2+. The summed E-state index contributed by atoms with van der Waals surface area (Å²) in [6.07, 6.45) is 0. The molecule has 0 radical (unpaired) electrons. The molecular weight excluding hydrogens is 382 g/mol. The van der Waals surface area contributed by atoms with Crippen LogP contribution in [0.25, 0.3) is 0 Å². The molecule has 0 aliphatic carbocycles. The van der Waals surface area contributed by atoms with Crippen molar-refractivity contribution in [3.63, 3.8) is 0 Å². The minimum atomic E-state index is -0.796.